The molecule has 90 valence electrons. The molecule has 4 nitrogen and oxygen atoms in total. The first-order valence-electron chi connectivity index (χ1n) is 5.40. The van der Waals surface area contributed by atoms with Gasteiger partial charge < -0.3 is 15.4 Å². The molecule has 1 saturated heterocycles. The van der Waals surface area contributed by atoms with Crippen LogP contribution in [0.2, 0.25) is 0 Å². The standard InChI is InChI=1S/C10H20N2O2.ClH/c1-2-14-7-5-10(13)12-9-4-3-6-11-8-9;/h9,11H,2-8H2,1H3,(H,12,13);1H/t9-;/m1./s1. The van der Waals surface area contributed by atoms with Crippen molar-refractivity contribution in [3.05, 3.63) is 0 Å². The zero-order valence-corrected chi connectivity index (χ0v) is 10.1. The summed E-state index contributed by atoms with van der Waals surface area (Å²) in [5, 5.41) is 6.26. The second-order valence-electron chi connectivity index (χ2n) is 3.56. The van der Waals surface area contributed by atoms with Crippen LogP contribution in [0.15, 0.2) is 0 Å². The van der Waals surface area contributed by atoms with E-state index in [0.717, 1.165) is 25.9 Å². The molecule has 1 atom stereocenters. The van der Waals surface area contributed by atoms with Crippen molar-refractivity contribution in [2.75, 3.05) is 26.3 Å². The molecular weight excluding hydrogens is 216 g/mol. The summed E-state index contributed by atoms with van der Waals surface area (Å²) in [6.45, 7) is 5.12. The minimum Gasteiger partial charge on any atom is -0.381 e. The van der Waals surface area contributed by atoms with Crippen molar-refractivity contribution < 1.29 is 9.53 Å². The van der Waals surface area contributed by atoms with Gasteiger partial charge in [0.2, 0.25) is 5.91 Å². The molecule has 0 saturated carbocycles. The lowest BCUT2D eigenvalue weighted by atomic mass is 10.1. The van der Waals surface area contributed by atoms with Crippen LogP contribution >= 0.6 is 12.4 Å². The highest BCUT2D eigenvalue weighted by Gasteiger charge is 2.14. The van der Waals surface area contributed by atoms with Gasteiger partial charge in [-0.05, 0) is 26.3 Å². The van der Waals surface area contributed by atoms with Crippen LogP contribution in [0, 0.1) is 0 Å². The predicted molar refractivity (Wildman–Crippen MR) is 62.4 cm³/mol. The number of carbonyl (C=O) groups is 1. The molecule has 0 bridgehead atoms. The highest BCUT2D eigenvalue weighted by Crippen LogP contribution is 2.01. The lowest BCUT2D eigenvalue weighted by molar-refractivity contribution is -0.122. The van der Waals surface area contributed by atoms with E-state index >= 15 is 0 Å². The third-order valence-corrected chi connectivity index (χ3v) is 2.34. The number of nitrogens with one attached hydrogen (secondary N) is 2. The Morgan fingerprint density at radius 3 is 3.00 bits per heavy atom. The number of hydrogen-bond donors (Lipinski definition) is 2. The largest absolute Gasteiger partial charge is 0.381 e. The van der Waals surface area contributed by atoms with Gasteiger partial charge in [-0.2, -0.15) is 0 Å². The van der Waals surface area contributed by atoms with Gasteiger partial charge in [0.25, 0.3) is 0 Å². The van der Waals surface area contributed by atoms with E-state index in [2.05, 4.69) is 10.6 Å². The van der Waals surface area contributed by atoms with Crippen LogP contribution in [0.1, 0.15) is 26.2 Å². The molecule has 0 aliphatic carbocycles. The molecule has 1 fully saturated rings. The molecule has 2 N–H and O–H groups in total. The summed E-state index contributed by atoms with van der Waals surface area (Å²) in [6.07, 6.45) is 2.72. The Morgan fingerprint density at radius 2 is 2.40 bits per heavy atom. The molecule has 1 heterocycles. The van der Waals surface area contributed by atoms with E-state index in [-0.39, 0.29) is 18.3 Å². The van der Waals surface area contributed by atoms with Crippen molar-refractivity contribution in [3.8, 4) is 0 Å². The summed E-state index contributed by atoms with van der Waals surface area (Å²) in [5.41, 5.74) is 0. The summed E-state index contributed by atoms with van der Waals surface area (Å²) in [4.78, 5) is 11.4. The number of rotatable bonds is 5. The number of carbonyl (C=O) groups excluding carboxylic acids is 1. The molecule has 0 aromatic rings. The van der Waals surface area contributed by atoms with E-state index in [0.29, 0.717) is 25.7 Å². The molecule has 1 aliphatic rings. The Labute approximate surface area is 97.5 Å². The molecule has 0 spiro atoms. The Balaban J connectivity index is 0.00000196. The van der Waals surface area contributed by atoms with Crippen LogP contribution in [-0.4, -0.2) is 38.3 Å². The third kappa shape index (κ3) is 6.71. The molecular formula is C10H21ClN2O2. The van der Waals surface area contributed by atoms with Crippen molar-refractivity contribution in [2.45, 2.75) is 32.2 Å². The average Bonchev–Trinajstić information content (AvgIpc) is 2.20. The van der Waals surface area contributed by atoms with Crippen molar-refractivity contribution in [1.29, 1.82) is 0 Å². The Morgan fingerprint density at radius 1 is 1.60 bits per heavy atom. The Kier molecular flexibility index (Phi) is 8.76. The fourth-order valence-corrected chi connectivity index (χ4v) is 1.58. The van der Waals surface area contributed by atoms with Crippen molar-refractivity contribution in [1.82, 2.24) is 10.6 Å². The summed E-state index contributed by atoms with van der Waals surface area (Å²) in [6, 6.07) is 0.317. The first-order chi connectivity index (χ1) is 6.83. The van der Waals surface area contributed by atoms with Gasteiger partial charge in [-0.25, -0.2) is 0 Å². The quantitative estimate of drug-likeness (QED) is 0.691. The molecule has 1 amide bonds. The maximum Gasteiger partial charge on any atom is 0.222 e. The minimum atomic E-state index is 0. The molecule has 0 aromatic heterocycles. The Bertz CT molecular complexity index is 173. The smallest absolute Gasteiger partial charge is 0.222 e. The zero-order chi connectivity index (χ0) is 10.2. The van der Waals surface area contributed by atoms with E-state index in [1.807, 2.05) is 6.92 Å². The van der Waals surface area contributed by atoms with Crippen LogP contribution in [0.5, 0.6) is 0 Å². The van der Waals surface area contributed by atoms with Gasteiger partial charge in [-0.3, -0.25) is 4.79 Å². The van der Waals surface area contributed by atoms with Crippen molar-refractivity contribution in [2.24, 2.45) is 0 Å². The number of hydrogen-bond acceptors (Lipinski definition) is 3. The molecule has 1 rings (SSSR count). The fourth-order valence-electron chi connectivity index (χ4n) is 1.58. The summed E-state index contributed by atoms with van der Waals surface area (Å²) < 4.78 is 5.12. The number of amides is 1. The van der Waals surface area contributed by atoms with Gasteiger partial charge in [0.05, 0.1) is 6.61 Å². The lowest BCUT2D eigenvalue weighted by Crippen LogP contribution is -2.45. The van der Waals surface area contributed by atoms with Crippen LogP contribution in [0.4, 0.5) is 0 Å². The average molecular weight is 237 g/mol. The summed E-state index contributed by atoms with van der Waals surface area (Å²) >= 11 is 0. The van der Waals surface area contributed by atoms with E-state index in [9.17, 15) is 4.79 Å². The molecule has 0 unspecified atom stereocenters. The second-order valence-corrected chi connectivity index (χ2v) is 3.56. The normalized spacial score (nSPS) is 20.5. The van der Waals surface area contributed by atoms with Crippen LogP contribution < -0.4 is 10.6 Å². The first kappa shape index (κ1) is 14.7. The van der Waals surface area contributed by atoms with Crippen LogP contribution in [-0.2, 0) is 9.53 Å². The number of ether oxygens (including phenoxy) is 1. The van der Waals surface area contributed by atoms with Crippen molar-refractivity contribution >= 4 is 18.3 Å². The monoisotopic (exact) mass is 236 g/mol. The van der Waals surface area contributed by atoms with Crippen LogP contribution in [0.3, 0.4) is 0 Å². The van der Waals surface area contributed by atoms with E-state index < -0.39 is 0 Å². The predicted octanol–water partition coefficient (Wildman–Crippen LogP) is 0.703. The van der Waals surface area contributed by atoms with Gasteiger partial charge in [0.15, 0.2) is 0 Å². The maximum absolute atomic E-state index is 11.4. The van der Waals surface area contributed by atoms with Gasteiger partial charge in [0, 0.05) is 25.6 Å². The van der Waals surface area contributed by atoms with Gasteiger partial charge in [0.1, 0.15) is 0 Å². The number of halogens is 1. The Hall–Kier alpha value is -0.320. The maximum atomic E-state index is 11.4. The number of piperidine rings is 1. The van der Waals surface area contributed by atoms with Crippen molar-refractivity contribution in [3.63, 3.8) is 0 Å². The molecule has 1 aliphatic heterocycles. The highest BCUT2D eigenvalue weighted by atomic mass is 35.5. The highest BCUT2D eigenvalue weighted by molar-refractivity contribution is 5.85. The third-order valence-electron chi connectivity index (χ3n) is 2.34. The van der Waals surface area contributed by atoms with Gasteiger partial charge in [-0.1, -0.05) is 0 Å². The molecule has 5 heteroatoms. The second kappa shape index (κ2) is 8.95. The SMILES string of the molecule is CCOCCC(=O)N[C@@H]1CCCNC1.Cl. The molecule has 0 radical (unpaired) electrons. The van der Waals surface area contributed by atoms with E-state index in [1.165, 1.54) is 0 Å². The summed E-state index contributed by atoms with van der Waals surface area (Å²) in [7, 11) is 0. The fraction of sp³-hybridized carbons (Fsp3) is 0.900. The topological polar surface area (TPSA) is 50.4 Å². The molecule has 0 aromatic carbocycles. The zero-order valence-electron chi connectivity index (χ0n) is 9.25. The first-order valence-corrected chi connectivity index (χ1v) is 5.40. The van der Waals surface area contributed by atoms with E-state index in [1.54, 1.807) is 0 Å². The lowest BCUT2D eigenvalue weighted by Gasteiger charge is -2.23. The van der Waals surface area contributed by atoms with Gasteiger partial charge >= 0.3 is 0 Å². The van der Waals surface area contributed by atoms with Crippen LogP contribution in [0.25, 0.3) is 0 Å². The summed E-state index contributed by atoms with van der Waals surface area (Å²) in [5.74, 6) is 0.104. The van der Waals surface area contributed by atoms with Gasteiger partial charge in [-0.15, -0.1) is 12.4 Å². The molecule has 15 heavy (non-hydrogen) atoms. The minimum absolute atomic E-state index is 0. The van der Waals surface area contributed by atoms with E-state index in [4.69, 9.17) is 4.74 Å².